The minimum Gasteiger partial charge on any atom is -0.377 e. The molecule has 2 aliphatic heterocycles. The Hall–Kier alpha value is -1.32. The summed E-state index contributed by atoms with van der Waals surface area (Å²) in [6.07, 6.45) is 6.57. The second-order valence-electron chi connectivity index (χ2n) is 6.80. The molecule has 3 atom stereocenters. The summed E-state index contributed by atoms with van der Waals surface area (Å²) in [5.41, 5.74) is 7.37. The molecule has 3 aliphatic rings. The van der Waals surface area contributed by atoms with E-state index in [9.17, 15) is 0 Å². The molecule has 0 radical (unpaired) electrons. The maximum atomic E-state index is 6.17. The van der Waals surface area contributed by atoms with E-state index in [2.05, 4.69) is 34.3 Å². The van der Waals surface area contributed by atoms with Crippen LogP contribution in [0.1, 0.15) is 53.7 Å². The SMILES string of the molecule is c1cc([C@@H]2Nc3c(ccc4c3CCCC4)[C@@H]3OCC[C@H]23)cs1. The minimum atomic E-state index is 0.286. The van der Waals surface area contributed by atoms with Crippen LogP contribution in [0.5, 0.6) is 0 Å². The van der Waals surface area contributed by atoms with Crippen LogP contribution in [0.15, 0.2) is 29.0 Å². The van der Waals surface area contributed by atoms with E-state index in [4.69, 9.17) is 4.74 Å². The van der Waals surface area contributed by atoms with Gasteiger partial charge in [-0.2, -0.15) is 11.3 Å². The second-order valence-corrected chi connectivity index (χ2v) is 7.58. The lowest BCUT2D eigenvalue weighted by Crippen LogP contribution is -2.30. The molecule has 1 saturated heterocycles. The third kappa shape index (κ3) is 1.88. The summed E-state index contributed by atoms with van der Waals surface area (Å²) >= 11 is 1.80. The molecule has 3 heterocycles. The van der Waals surface area contributed by atoms with E-state index in [-0.39, 0.29) is 6.10 Å². The Balaban J connectivity index is 1.65. The Morgan fingerprint density at radius 3 is 3.00 bits per heavy atom. The molecule has 114 valence electrons. The van der Waals surface area contributed by atoms with Crippen LogP contribution in [0, 0.1) is 5.92 Å². The first kappa shape index (κ1) is 13.1. The van der Waals surface area contributed by atoms with E-state index in [0.29, 0.717) is 12.0 Å². The lowest BCUT2D eigenvalue weighted by Gasteiger charge is -2.38. The predicted molar refractivity (Wildman–Crippen MR) is 90.6 cm³/mol. The van der Waals surface area contributed by atoms with Crippen LogP contribution in [0.25, 0.3) is 0 Å². The average molecular weight is 311 g/mol. The molecule has 1 aliphatic carbocycles. The van der Waals surface area contributed by atoms with Gasteiger partial charge < -0.3 is 10.1 Å². The van der Waals surface area contributed by atoms with Gasteiger partial charge in [0.1, 0.15) is 0 Å². The number of hydrogen-bond acceptors (Lipinski definition) is 3. The van der Waals surface area contributed by atoms with E-state index in [1.165, 1.54) is 42.5 Å². The molecule has 0 spiro atoms. The van der Waals surface area contributed by atoms with Crippen LogP contribution in [0.3, 0.4) is 0 Å². The van der Waals surface area contributed by atoms with Gasteiger partial charge >= 0.3 is 0 Å². The van der Waals surface area contributed by atoms with Crippen molar-refractivity contribution in [2.75, 3.05) is 11.9 Å². The molecule has 5 rings (SSSR count). The van der Waals surface area contributed by atoms with Gasteiger partial charge in [0.25, 0.3) is 0 Å². The quantitative estimate of drug-likeness (QED) is 0.811. The van der Waals surface area contributed by atoms with Crippen molar-refractivity contribution in [3.63, 3.8) is 0 Å². The molecule has 3 heteroatoms. The molecule has 22 heavy (non-hydrogen) atoms. The summed E-state index contributed by atoms with van der Waals surface area (Å²) in [6.45, 7) is 0.897. The zero-order valence-corrected chi connectivity index (χ0v) is 13.5. The fraction of sp³-hybridized carbons (Fsp3) is 0.474. The molecule has 1 aromatic heterocycles. The number of fused-ring (bicyclic) bond motifs is 5. The number of anilines is 1. The molecule has 0 amide bonds. The highest BCUT2D eigenvalue weighted by molar-refractivity contribution is 7.08. The van der Waals surface area contributed by atoms with Crippen LogP contribution in [-0.4, -0.2) is 6.61 Å². The second kappa shape index (κ2) is 5.10. The van der Waals surface area contributed by atoms with E-state index < -0.39 is 0 Å². The lowest BCUT2D eigenvalue weighted by atomic mass is 9.78. The van der Waals surface area contributed by atoms with E-state index >= 15 is 0 Å². The standard InChI is InChI=1S/C19H21NOS/c1-2-4-14-12(3-1)5-6-15-18(14)20-17(13-8-10-22-11-13)16-7-9-21-19(15)16/h5-6,8,10-11,16-17,19-20H,1-4,7,9H2/t16-,17+,19+/m1/s1. The van der Waals surface area contributed by atoms with Crippen LogP contribution in [-0.2, 0) is 17.6 Å². The molecular formula is C19H21NOS. The summed E-state index contributed by atoms with van der Waals surface area (Å²) in [7, 11) is 0. The molecule has 2 nitrogen and oxygen atoms in total. The van der Waals surface area contributed by atoms with Crippen molar-refractivity contribution in [2.24, 2.45) is 5.92 Å². The maximum Gasteiger partial charge on any atom is 0.0896 e. The van der Waals surface area contributed by atoms with Crippen molar-refractivity contribution in [2.45, 2.75) is 44.2 Å². The van der Waals surface area contributed by atoms with E-state index in [1.807, 2.05) is 0 Å². The van der Waals surface area contributed by atoms with Crippen LogP contribution in [0.2, 0.25) is 0 Å². The lowest BCUT2D eigenvalue weighted by molar-refractivity contribution is 0.0828. The monoisotopic (exact) mass is 311 g/mol. The predicted octanol–water partition coefficient (Wildman–Crippen LogP) is 4.87. The third-order valence-corrected chi connectivity index (χ3v) is 6.34. The van der Waals surface area contributed by atoms with Gasteiger partial charge in [-0.3, -0.25) is 0 Å². The highest BCUT2D eigenvalue weighted by Crippen LogP contribution is 2.52. The molecule has 2 aromatic rings. The largest absolute Gasteiger partial charge is 0.377 e. The van der Waals surface area contributed by atoms with Gasteiger partial charge in [-0.05, 0) is 65.6 Å². The normalized spacial score (nSPS) is 29.4. The van der Waals surface area contributed by atoms with Crippen molar-refractivity contribution in [3.05, 3.63) is 51.2 Å². The maximum absolute atomic E-state index is 6.17. The number of hydrogen-bond donors (Lipinski definition) is 1. The topological polar surface area (TPSA) is 21.3 Å². The van der Waals surface area contributed by atoms with Gasteiger partial charge in [-0.1, -0.05) is 12.1 Å². The first-order valence-corrected chi connectivity index (χ1v) is 9.41. The molecule has 0 unspecified atom stereocenters. The van der Waals surface area contributed by atoms with Gasteiger partial charge in [-0.15, -0.1) is 0 Å². The van der Waals surface area contributed by atoms with Crippen molar-refractivity contribution in [3.8, 4) is 0 Å². The van der Waals surface area contributed by atoms with Gasteiger partial charge in [0.15, 0.2) is 0 Å². The fourth-order valence-electron chi connectivity index (χ4n) is 4.57. The van der Waals surface area contributed by atoms with Crippen molar-refractivity contribution >= 4 is 17.0 Å². The Kier molecular flexibility index (Phi) is 3.05. The number of ether oxygens (including phenoxy) is 1. The Morgan fingerprint density at radius 2 is 2.09 bits per heavy atom. The summed E-state index contributed by atoms with van der Waals surface area (Å²) < 4.78 is 6.17. The molecular weight excluding hydrogens is 290 g/mol. The molecule has 1 aromatic carbocycles. The number of thiophene rings is 1. The highest BCUT2D eigenvalue weighted by atomic mass is 32.1. The molecule has 1 fully saturated rings. The molecule has 0 saturated carbocycles. The van der Waals surface area contributed by atoms with Gasteiger partial charge in [0, 0.05) is 23.8 Å². The summed E-state index contributed by atoms with van der Waals surface area (Å²) in [5.74, 6) is 0.573. The zero-order valence-electron chi connectivity index (χ0n) is 12.7. The number of aryl methyl sites for hydroxylation is 1. The summed E-state index contributed by atoms with van der Waals surface area (Å²) in [4.78, 5) is 0. The Labute approximate surface area is 135 Å². The smallest absolute Gasteiger partial charge is 0.0896 e. The fourth-order valence-corrected chi connectivity index (χ4v) is 5.26. The van der Waals surface area contributed by atoms with Gasteiger partial charge in [-0.25, -0.2) is 0 Å². The summed E-state index contributed by atoms with van der Waals surface area (Å²) in [5, 5.41) is 8.42. The number of nitrogens with one attached hydrogen (secondary N) is 1. The summed E-state index contributed by atoms with van der Waals surface area (Å²) in [6, 6.07) is 7.38. The average Bonchev–Trinajstić information content (AvgIpc) is 3.25. The first-order chi connectivity index (χ1) is 10.9. The van der Waals surface area contributed by atoms with E-state index in [1.54, 1.807) is 22.5 Å². The van der Waals surface area contributed by atoms with E-state index in [0.717, 1.165) is 13.0 Å². The van der Waals surface area contributed by atoms with Crippen LogP contribution in [0.4, 0.5) is 5.69 Å². The van der Waals surface area contributed by atoms with Crippen LogP contribution >= 0.6 is 11.3 Å². The minimum absolute atomic E-state index is 0.286. The van der Waals surface area contributed by atoms with Crippen molar-refractivity contribution in [1.29, 1.82) is 0 Å². The first-order valence-electron chi connectivity index (χ1n) is 8.47. The third-order valence-electron chi connectivity index (χ3n) is 5.64. The number of rotatable bonds is 1. The van der Waals surface area contributed by atoms with Gasteiger partial charge in [0.2, 0.25) is 0 Å². The highest BCUT2D eigenvalue weighted by Gasteiger charge is 2.42. The van der Waals surface area contributed by atoms with Crippen LogP contribution < -0.4 is 5.32 Å². The van der Waals surface area contributed by atoms with Crippen molar-refractivity contribution in [1.82, 2.24) is 0 Å². The van der Waals surface area contributed by atoms with Gasteiger partial charge in [0.05, 0.1) is 12.1 Å². The Bertz CT molecular complexity index is 694. The number of benzene rings is 1. The molecule has 0 bridgehead atoms. The zero-order chi connectivity index (χ0) is 14.5. The molecule has 1 N–H and O–H groups in total. The Morgan fingerprint density at radius 1 is 1.14 bits per heavy atom. The van der Waals surface area contributed by atoms with Crippen molar-refractivity contribution < 1.29 is 4.74 Å².